The Balaban J connectivity index is 2.57. The summed E-state index contributed by atoms with van der Waals surface area (Å²) >= 11 is 0. The lowest BCUT2D eigenvalue weighted by Gasteiger charge is -2.34. The van der Waals surface area contributed by atoms with Crippen molar-refractivity contribution in [3.63, 3.8) is 0 Å². The first-order chi connectivity index (χ1) is 7.72. The molecule has 0 radical (unpaired) electrons. The average molecular weight is 228 g/mol. The Labute approximate surface area is 98.5 Å². The molecule has 1 saturated carbocycles. The lowest BCUT2D eigenvalue weighted by Crippen LogP contribution is -2.37. The van der Waals surface area contributed by atoms with Gasteiger partial charge < -0.3 is 9.47 Å². The molecule has 0 amide bonds. The van der Waals surface area contributed by atoms with Gasteiger partial charge in [0.25, 0.3) is 0 Å². The molecule has 0 N–H and O–H groups in total. The van der Waals surface area contributed by atoms with Crippen LogP contribution in [0.25, 0.3) is 0 Å². The minimum Gasteiger partial charge on any atom is -0.466 e. The van der Waals surface area contributed by atoms with Gasteiger partial charge in [0.15, 0.2) is 0 Å². The van der Waals surface area contributed by atoms with Crippen molar-refractivity contribution in [2.24, 2.45) is 11.8 Å². The maximum Gasteiger partial charge on any atom is 0.311 e. The van der Waals surface area contributed by atoms with Gasteiger partial charge in [0.05, 0.1) is 18.6 Å². The van der Waals surface area contributed by atoms with Gasteiger partial charge in [-0.2, -0.15) is 0 Å². The van der Waals surface area contributed by atoms with Gasteiger partial charge in [-0.15, -0.1) is 0 Å². The monoisotopic (exact) mass is 228 g/mol. The van der Waals surface area contributed by atoms with Crippen LogP contribution in [0.3, 0.4) is 0 Å². The normalized spacial score (nSPS) is 30.1. The molecular weight excluding hydrogens is 204 g/mol. The summed E-state index contributed by atoms with van der Waals surface area (Å²) in [5.41, 5.74) is 0. The van der Waals surface area contributed by atoms with Crippen LogP contribution in [0.2, 0.25) is 0 Å². The summed E-state index contributed by atoms with van der Waals surface area (Å²) in [7, 11) is 0. The number of hydrogen-bond acceptors (Lipinski definition) is 3. The van der Waals surface area contributed by atoms with Crippen LogP contribution in [-0.2, 0) is 14.3 Å². The van der Waals surface area contributed by atoms with Crippen LogP contribution < -0.4 is 0 Å². The van der Waals surface area contributed by atoms with E-state index in [1.165, 1.54) is 6.42 Å². The molecule has 0 bridgehead atoms. The third-order valence-corrected chi connectivity index (χ3v) is 3.45. The largest absolute Gasteiger partial charge is 0.466 e. The van der Waals surface area contributed by atoms with Crippen molar-refractivity contribution < 1.29 is 14.3 Å². The lowest BCUT2D eigenvalue weighted by atomic mass is 9.78. The van der Waals surface area contributed by atoms with Crippen molar-refractivity contribution in [3.05, 3.63) is 0 Å². The SMILES string of the molecule is CCOC(=O)C1CCC(CC)CC1OCC. The second-order valence-electron chi connectivity index (χ2n) is 4.44. The second kappa shape index (κ2) is 6.89. The summed E-state index contributed by atoms with van der Waals surface area (Å²) in [6.45, 7) is 7.18. The van der Waals surface area contributed by atoms with Gasteiger partial charge in [-0.1, -0.05) is 13.3 Å². The number of hydrogen-bond donors (Lipinski definition) is 0. The van der Waals surface area contributed by atoms with E-state index in [0.717, 1.165) is 19.3 Å². The Hall–Kier alpha value is -0.570. The molecule has 1 rings (SSSR count). The highest BCUT2D eigenvalue weighted by Gasteiger charge is 2.35. The summed E-state index contributed by atoms with van der Waals surface area (Å²) in [6.07, 6.45) is 4.31. The van der Waals surface area contributed by atoms with Gasteiger partial charge in [-0.25, -0.2) is 0 Å². The predicted molar refractivity (Wildman–Crippen MR) is 63.2 cm³/mol. The fourth-order valence-corrected chi connectivity index (χ4v) is 2.50. The molecule has 0 aromatic rings. The number of esters is 1. The molecule has 94 valence electrons. The highest BCUT2D eigenvalue weighted by molar-refractivity contribution is 5.73. The summed E-state index contributed by atoms with van der Waals surface area (Å²) in [5, 5.41) is 0. The molecular formula is C13H24O3. The van der Waals surface area contributed by atoms with E-state index < -0.39 is 0 Å². The molecule has 0 spiro atoms. The number of carbonyl (C=O) groups is 1. The van der Waals surface area contributed by atoms with E-state index in [0.29, 0.717) is 19.1 Å². The number of carbonyl (C=O) groups excluding carboxylic acids is 1. The zero-order chi connectivity index (χ0) is 12.0. The Bertz CT molecular complexity index is 215. The molecule has 16 heavy (non-hydrogen) atoms. The molecule has 3 nitrogen and oxygen atoms in total. The topological polar surface area (TPSA) is 35.5 Å². The van der Waals surface area contributed by atoms with Crippen LogP contribution in [0.5, 0.6) is 0 Å². The highest BCUT2D eigenvalue weighted by atomic mass is 16.5. The van der Waals surface area contributed by atoms with Crippen molar-refractivity contribution in [1.82, 2.24) is 0 Å². The van der Waals surface area contributed by atoms with E-state index in [4.69, 9.17) is 9.47 Å². The van der Waals surface area contributed by atoms with Crippen LogP contribution in [0.15, 0.2) is 0 Å². The second-order valence-corrected chi connectivity index (χ2v) is 4.44. The van der Waals surface area contributed by atoms with Gasteiger partial charge in [0.1, 0.15) is 0 Å². The van der Waals surface area contributed by atoms with E-state index in [-0.39, 0.29) is 18.0 Å². The van der Waals surface area contributed by atoms with Crippen LogP contribution in [0.1, 0.15) is 46.5 Å². The Morgan fingerprint density at radius 1 is 1.19 bits per heavy atom. The van der Waals surface area contributed by atoms with E-state index in [2.05, 4.69) is 6.92 Å². The molecule has 3 heteroatoms. The lowest BCUT2D eigenvalue weighted by molar-refractivity contribution is -0.157. The predicted octanol–water partition coefficient (Wildman–Crippen LogP) is 2.78. The summed E-state index contributed by atoms with van der Waals surface area (Å²) in [6, 6.07) is 0. The molecule has 0 saturated heterocycles. The molecule has 0 aromatic carbocycles. The molecule has 1 aliphatic rings. The zero-order valence-corrected chi connectivity index (χ0v) is 10.7. The third kappa shape index (κ3) is 3.48. The van der Waals surface area contributed by atoms with E-state index in [9.17, 15) is 4.79 Å². The Kier molecular flexibility index (Phi) is 5.81. The van der Waals surface area contributed by atoms with Gasteiger partial charge in [0, 0.05) is 6.61 Å². The van der Waals surface area contributed by atoms with E-state index in [1.807, 2.05) is 13.8 Å². The molecule has 0 aliphatic heterocycles. The first-order valence-corrected chi connectivity index (χ1v) is 6.51. The average Bonchev–Trinajstić information content (AvgIpc) is 2.29. The number of rotatable bonds is 5. The number of ether oxygens (including phenoxy) is 2. The molecule has 0 heterocycles. The fourth-order valence-electron chi connectivity index (χ4n) is 2.50. The van der Waals surface area contributed by atoms with E-state index in [1.54, 1.807) is 0 Å². The van der Waals surface area contributed by atoms with Gasteiger partial charge >= 0.3 is 5.97 Å². The molecule has 3 atom stereocenters. The standard InChI is InChI=1S/C13H24O3/c1-4-10-7-8-11(13(14)16-6-3)12(9-10)15-5-2/h10-12H,4-9H2,1-3H3. The van der Waals surface area contributed by atoms with Crippen LogP contribution in [-0.4, -0.2) is 25.3 Å². The Morgan fingerprint density at radius 2 is 1.94 bits per heavy atom. The fraction of sp³-hybridized carbons (Fsp3) is 0.923. The minimum absolute atomic E-state index is 0.0392. The van der Waals surface area contributed by atoms with Gasteiger partial charge in [-0.05, 0) is 39.0 Å². The first kappa shape index (κ1) is 13.5. The molecule has 3 unspecified atom stereocenters. The van der Waals surface area contributed by atoms with Gasteiger partial charge in [-0.3, -0.25) is 4.79 Å². The van der Waals surface area contributed by atoms with Gasteiger partial charge in [0.2, 0.25) is 0 Å². The van der Waals surface area contributed by atoms with Crippen LogP contribution >= 0.6 is 0 Å². The minimum atomic E-state index is -0.0736. The van der Waals surface area contributed by atoms with Crippen molar-refractivity contribution >= 4 is 5.97 Å². The molecule has 1 fully saturated rings. The van der Waals surface area contributed by atoms with Crippen LogP contribution in [0, 0.1) is 11.8 Å². The maximum absolute atomic E-state index is 11.8. The van der Waals surface area contributed by atoms with Crippen LogP contribution in [0.4, 0.5) is 0 Å². The summed E-state index contributed by atoms with van der Waals surface area (Å²) in [5.74, 6) is 0.598. The summed E-state index contributed by atoms with van der Waals surface area (Å²) in [4.78, 5) is 11.8. The van der Waals surface area contributed by atoms with Crippen molar-refractivity contribution in [1.29, 1.82) is 0 Å². The Morgan fingerprint density at radius 3 is 2.50 bits per heavy atom. The zero-order valence-electron chi connectivity index (χ0n) is 10.7. The van der Waals surface area contributed by atoms with Crippen molar-refractivity contribution in [2.75, 3.05) is 13.2 Å². The first-order valence-electron chi connectivity index (χ1n) is 6.51. The summed E-state index contributed by atoms with van der Waals surface area (Å²) < 4.78 is 10.8. The van der Waals surface area contributed by atoms with Crippen molar-refractivity contribution in [2.45, 2.75) is 52.6 Å². The smallest absolute Gasteiger partial charge is 0.311 e. The quantitative estimate of drug-likeness (QED) is 0.679. The maximum atomic E-state index is 11.8. The molecule has 0 aromatic heterocycles. The third-order valence-electron chi connectivity index (χ3n) is 3.45. The molecule has 1 aliphatic carbocycles. The van der Waals surface area contributed by atoms with Crippen molar-refractivity contribution in [3.8, 4) is 0 Å². The highest BCUT2D eigenvalue weighted by Crippen LogP contribution is 2.33. The van der Waals surface area contributed by atoms with E-state index >= 15 is 0 Å².